The minimum atomic E-state index is -0.137. The number of carbonyl (C=O) groups excluding carboxylic acids is 1. The van der Waals surface area contributed by atoms with Gasteiger partial charge >= 0.3 is 0 Å². The Kier molecular flexibility index (Phi) is 4.69. The first-order valence-corrected chi connectivity index (χ1v) is 6.82. The van der Waals surface area contributed by atoms with E-state index >= 15 is 0 Å². The van der Waals surface area contributed by atoms with E-state index in [4.69, 9.17) is 5.26 Å². The summed E-state index contributed by atoms with van der Waals surface area (Å²) in [6, 6.07) is 10.9. The summed E-state index contributed by atoms with van der Waals surface area (Å²) >= 11 is 0. The molecule has 0 saturated carbocycles. The predicted molar refractivity (Wildman–Crippen MR) is 84.6 cm³/mol. The molecule has 1 N–H and O–H groups in total. The van der Waals surface area contributed by atoms with E-state index in [1.54, 1.807) is 24.1 Å². The summed E-state index contributed by atoms with van der Waals surface area (Å²) in [4.78, 5) is 13.8. The van der Waals surface area contributed by atoms with Gasteiger partial charge in [0.15, 0.2) is 11.5 Å². The number of carbonyl (C=O) groups is 1. The normalized spacial score (nSPS) is 9.91. The molecule has 0 radical (unpaired) electrons. The van der Waals surface area contributed by atoms with Crippen molar-refractivity contribution in [2.45, 2.75) is 13.8 Å². The molecule has 0 unspecified atom stereocenters. The summed E-state index contributed by atoms with van der Waals surface area (Å²) in [6.07, 6.45) is 0. The van der Waals surface area contributed by atoms with Gasteiger partial charge in [-0.2, -0.15) is 5.26 Å². The van der Waals surface area contributed by atoms with Crippen LogP contribution in [0.3, 0.4) is 0 Å². The lowest BCUT2D eigenvalue weighted by molar-refractivity contribution is -0.114. The third-order valence-corrected chi connectivity index (χ3v) is 3.42. The van der Waals surface area contributed by atoms with Crippen LogP contribution in [0.4, 0.5) is 11.5 Å². The van der Waals surface area contributed by atoms with Crippen LogP contribution in [-0.4, -0.2) is 29.7 Å². The smallest absolute Gasteiger partial charge is 0.243 e. The number of hydrogen-bond donors (Lipinski definition) is 1. The second-order valence-corrected chi connectivity index (χ2v) is 5.04. The van der Waals surface area contributed by atoms with Crippen LogP contribution in [0.25, 0.3) is 0 Å². The van der Waals surface area contributed by atoms with Crippen molar-refractivity contribution in [2.75, 3.05) is 23.8 Å². The highest BCUT2D eigenvalue weighted by molar-refractivity contribution is 5.94. The number of anilines is 2. The van der Waals surface area contributed by atoms with Gasteiger partial charge < -0.3 is 10.2 Å². The van der Waals surface area contributed by atoms with Crippen molar-refractivity contribution in [3.63, 3.8) is 0 Å². The van der Waals surface area contributed by atoms with Crippen molar-refractivity contribution in [3.05, 3.63) is 47.2 Å². The highest BCUT2D eigenvalue weighted by Gasteiger charge is 2.11. The maximum Gasteiger partial charge on any atom is 0.243 e. The molecule has 6 nitrogen and oxygen atoms in total. The molecule has 1 amide bonds. The van der Waals surface area contributed by atoms with Crippen molar-refractivity contribution < 1.29 is 4.79 Å². The molecular weight excluding hydrogens is 278 g/mol. The van der Waals surface area contributed by atoms with Gasteiger partial charge in [-0.3, -0.25) is 4.79 Å². The fraction of sp³-hybridized carbons (Fsp3) is 0.250. The third-order valence-electron chi connectivity index (χ3n) is 3.42. The molecule has 6 heteroatoms. The Labute approximate surface area is 129 Å². The quantitative estimate of drug-likeness (QED) is 0.933. The Morgan fingerprint density at radius 2 is 2.05 bits per heavy atom. The Morgan fingerprint density at radius 3 is 2.68 bits per heavy atom. The Morgan fingerprint density at radius 1 is 1.27 bits per heavy atom. The highest BCUT2D eigenvalue weighted by Crippen LogP contribution is 2.18. The van der Waals surface area contributed by atoms with Crippen LogP contribution in [0.5, 0.6) is 0 Å². The number of benzene rings is 1. The molecule has 112 valence electrons. The minimum absolute atomic E-state index is 0.137. The van der Waals surface area contributed by atoms with E-state index in [9.17, 15) is 4.79 Å². The zero-order chi connectivity index (χ0) is 16.1. The summed E-state index contributed by atoms with van der Waals surface area (Å²) in [5, 5.41) is 19.3. The summed E-state index contributed by atoms with van der Waals surface area (Å²) in [5.74, 6) is 0.400. The molecule has 0 aliphatic rings. The van der Waals surface area contributed by atoms with Gasteiger partial charge in [-0.25, -0.2) is 0 Å². The van der Waals surface area contributed by atoms with E-state index in [0.717, 1.165) is 16.8 Å². The van der Waals surface area contributed by atoms with Gasteiger partial charge in [0.2, 0.25) is 5.91 Å². The molecule has 1 aromatic carbocycles. The maximum atomic E-state index is 12.1. The molecule has 0 saturated heterocycles. The van der Waals surface area contributed by atoms with Crippen LogP contribution in [0.2, 0.25) is 0 Å². The monoisotopic (exact) mass is 295 g/mol. The van der Waals surface area contributed by atoms with Crippen molar-refractivity contribution in [2.24, 2.45) is 0 Å². The SMILES string of the molecule is Cc1cccc(NC(=O)CN(C)c2ccc(C#N)nn2)c1C. The van der Waals surface area contributed by atoms with E-state index in [-0.39, 0.29) is 18.1 Å². The molecule has 0 atom stereocenters. The predicted octanol–water partition coefficient (Wildman–Crippen LogP) is 2.04. The van der Waals surface area contributed by atoms with Crippen LogP contribution in [-0.2, 0) is 4.79 Å². The van der Waals surface area contributed by atoms with Crippen molar-refractivity contribution >= 4 is 17.4 Å². The largest absolute Gasteiger partial charge is 0.349 e. The topological polar surface area (TPSA) is 81.9 Å². The van der Waals surface area contributed by atoms with E-state index < -0.39 is 0 Å². The Balaban J connectivity index is 2.02. The lowest BCUT2D eigenvalue weighted by Gasteiger charge is -2.17. The molecule has 0 aliphatic carbocycles. The molecule has 1 heterocycles. The first-order chi connectivity index (χ1) is 10.5. The van der Waals surface area contributed by atoms with Crippen LogP contribution in [0.1, 0.15) is 16.8 Å². The summed E-state index contributed by atoms with van der Waals surface area (Å²) in [5.41, 5.74) is 3.24. The fourth-order valence-corrected chi connectivity index (χ4v) is 1.96. The van der Waals surface area contributed by atoms with Gasteiger partial charge in [0.25, 0.3) is 0 Å². The fourth-order valence-electron chi connectivity index (χ4n) is 1.96. The molecule has 0 fully saturated rings. The van der Waals surface area contributed by atoms with Crippen LogP contribution in [0, 0.1) is 25.2 Å². The summed E-state index contributed by atoms with van der Waals surface area (Å²) in [6.45, 7) is 4.12. The summed E-state index contributed by atoms with van der Waals surface area (Å²) < 4.78 is 0. The Hall–Kier alpha value is -2.94. The minimum Gasteiger partial charge on any atom is -0.349 e. The number of nitrogens with zero attached hydrogens (tertiary/aromatic N) is 4. The highest BCUT2D eigenvalue weighted by atomic mass is 16.2. The third kappa shape index (κ3) is 3.58. The number of amides is 1. The molecule has 2 rings (SSSR count). The molecule has 0 spiro atoms. The van der Waals surface area contributed by atoms with E-state index in [1.807, 2.05) is 38.1 Å². The zero-order valence-corrected chi connectivity index (χ0v) is 12.8. The molecule has 2 aromatic rings. The van der Waals surface area contributed by atoms with Gasteiger partial charge in [0.05, 0.1) is 6.54 Å². The van der Waals surface area contributed by atoms with Crippen molar-refractivity contribution in [3.8, 4) is 6.07 Å². The average molecular weight is 295 g/mol. The lowest BCUT2D eigenvalue weighted by atomic mass is 10.1. The molecule has 22 heavy (non-hydrogen) atoms. The first-order valence-electron chi connectivity index (χ1n) is 6.82. The van der Waals surface area contributed by atoms with Crippen molar-refractivity contribution in [1.29, 1.82) is 5.26 Å². The van der Waals surface area contributed by atoms with Gasteiger partial charge in [-0.05, 0) is 43.2 Å². The number of nitriles is 1. The lowest BCUT2D eigenvalue weighted by Crippen LogP contribution is -2.31. The van der Waals surface area contributed by atoms with Gasteiger partial charge in [0, 0.05) is 12.7 Å². The van der Waals surface area contributed by atoms with E-state index in [2.05, 4.69) is 15.5 Å². The molecule has 1 aromatic heterocycles. The molecule has 0 aliphatic heterocycles. The van der Waals surface area contributed by atoms with Crippen LogP contribution in [0.15, 0.2) is 30.3 Å². The number of hydrogen-bond acceptors (Lipinski definition) is 5. The standard InChI is InChI=1S/C16H17N5O/c1-11-5-4-6-14(12(11)2)18-16(22)10-21(3)15-8-7-13(9-17)19-20-15/h4-8H,10H2,1-3H3,(H,18,22). The first kappa shape index (κ1) is 15.4. The van der Waals surface area contributed by atoms with E-state index in [1.165, 1.54) is 0 Å². The van der Waals surface area contributed by atoms with Gasteiger partial charge in [0.1, 0.15) is 6.07 Å². The average Bonchev–Trinajstić information content (AvgIpc) is 2.52. The molecule has 0 bridgehead atoms. The second-order valence-electron chi connectivity index (χ2n) is 5.04. The zero-order valence-electron chi connectivity index (χ0n) is 12.8. The second kappa shape index (κ2) is 6.68. The maximum absolute atomic E-state index is 12.1. The number of nitrogens with one attached hydrogen (secondary N) is 1. The number of aromatic nitrogens is 2. The summed E-state index contributed by atoms with van der Waals surface area (Å²) in [7, 11) is 1.75. The van der Waals surface area contributed by atoms with Gasteiger partial charge in [-0.15, -0.1) is 10.2 Å². The Bertz CT molecular complexity index is 718. The van der Waals surface area contributed by atoms with E-state index in [0.29, 0.717) is 5.82 Å². The number of likely N-dealkylation sites (N-methyl/N-ethyl adjacent to an activating group) is 1. The van der Waals surface area contributed by atoms with Crippen molar-refractivity contribution in [1.82, 2.24) is 10.2 Å². The number of aryl methyl sites for hydroxylation is 1. The molecular formula is C16H17N5O. The van der Waals surface area contributed by atoms with Crippen LogP contribution < -0.4 is 10.2 Å². The van der Waals surface area contributed by atoms with Gasteiger partial charge in [-0.1, -0.05) is 12.1 Å². The number of rotatable bonds is 4. The van der Waals surface area contributed by atoms with Crippen LogP contribution >= 0.6 is 0 Å².